The van der Waals surface area contributed by atoms with Crippen molar-refractivity contribution in [3.63, 3.8) is 0 Å². The molecule has 0 aromatic heterocycles. The van der Waals surface area contributed by atoms with Crippen LogP contribution < -0.4 is 10.1 Å². The van der Waals surface area contributed by atoms with E-state index in [-0.39, 0.29) is 5.91 Å². The van der Waals surface area contributed by atoms with Crippen LogP contribution in [0.4, 0.5) is 5.69 Å². The molecule has 0 fully saturated rings. The number of benzene rings is 2. The topological polar surface area (TPSA) is 38.3 Å². The quantitative estimate of drug-likeness (QED) is 0.798. The summed E-state index contributed by atoms with van der Waals surface area (Å²) in [6.45, 7) is 0.329. The van der Waals surface area contributed by atoms with Gasteiger partial charge in [-0.1, -0.05) is 17.7 Å². The number of nitrogens with one attached hydrogen (secondary N) is 1. The van der Waals surface area contributed by atoms with Gasteiger partial charge in [0.05, 0.1) is 13.0 Å². The summed E-state index contributed by atoms with van der Waals surface area (Å²) in [4.78, 5) is 13.0. The molecule has 1 N–H and O–H groups in total. The Balaban J connectivity index is 1.78. The minimum absolute atomic E-state index is 0.0674. The third-order valence-corrected chi connectivity index (χ3v) is 3.74. The third-order valence-electron chi connectivity index (χ3n) is 2.76. The highest BCUT2D eigenvalue weighted by atomic mass is 35.5. The van der Waals surface area contributed by atoms with Crippen LogP contribution in [-0.2, 0) is 4.79 Å². The molecule has 0 bridgehead atoms. The standard InChI is InChI=1S/C16H16ClNO2S/c1-21-15-4-2-3-13(11-15)18-16(19)9-10-20-14-7-5-12(17)6-8-14/h2-8,11H,9-10H2,1H3,(H,18,19). The van der Waals surface area contributed by atoms with E-state index in [1.807, 2.05) is 30.5 Å². The van der Waals surface area contributed by atoms with Crippen molar-refractivity contribution in [2.75, 3.05) is 18.2 Å². The van der Waals surface area contributed by atoms with Gasteiger partial charge in [0, 0.05) is 15.6 Å². The van der Waals surface area contributed by atoms with Gasteiger partial charge in [-0.05, 0) is 48.7 Å². The van der Waals surface area contributed by atoms with Crippen LogP contribution in [0.5, 0.6) is 5.75 Å². The Hall–Kier alpha value is -1.65. The summed E-state index contributed by atoms with van der Waals surface area (Å²) in [7, 11) is 0. The maximum Gasteiger partial charge on any atom is 0.227 e. The lowest BCUT2D eigenvalue weighted by Gasteiger charge is -2.08. The van der Waals surface area contributed by atoms with E-state index in [1.165, 1.54) is 0 Å². The Morgan fingerprint density at radius 1 is 1.24 bits per heavy atom. The summed E-state index contributed by atoms with van der Waals surface area (Å²) < 4.78 is 5.49. The molecule has 2 aromatic carbocycles. The van der Waals surface area contributed by atoms with Gasteiger partial charge in [0.25, 0.3) is 0 Å². The number of anilines is 1. The van der Waals surface area contributed by atoms with Gasteiger partial charge in [0.1, 0.15) is 5.75 Å². The van der Waals surface area contributed by atoms with Gasteiger partial charge in [-0.2, -0.15) is 0 Å². The smallest absolute Gasteiger partial charge is 0.227 e. The minimum Gasteiger partial charge on any atom is -0.493 e. The van der Waals surface area contributed by atoms with Crippen molar-refractivity contribution >= 4 is 35.0 Å². The zero-order valence-electron chi connectivity index (χ0n) is 11.6. The molecular weight excluding hydrogens is 306 g/mol. The van der Waals surface area contributed by atoms with Crippen LogP contribution >= 0.6 is 23.4 Å². The van der Waals surface area contributed by atoms with E-state index in [2.05, 4.69) is 5.32 Å². The van der Waals surface area contributed by atoms with E-state index < -0.39 is 0 Å². The van der Waals surface area contributed by atoms with Crippen LogP contribution in [0.25, 0.3) is 0 Å². The predicted octanol–water partition coefficient (Wildman–Crippen LogP) is 4.47. The van der Waals surface area contributed by atoms with Crippen molar-refractivity contribution in [2.45, 2.75) is 11.3 Å². The van der Waals surface area contributed by atoms with Crippen molar-refractivity contribution < 1.29 is 9.53 Å². The number of rotatable bonds is 6. The molecule has 0 aliphatic rings. The van der Waals surface area contributed by atoms with Crippen molar-refractivity contribution in [2.24, 2.45) is 0 Å². The van der Waals surface area contributed by atoms with Gasteiger partial charge in [-0.25, -0.2) is 0 Å². The first-order valence-corrected chi connectivity index (χ1v) is 8.10. The lowest BCUT2D eigenvalue weighted by atomic mass is 10.3. The highest BCUT2D eigenvalue weighted by molar-refractivity contribution is 7.98. The van der Waals surface area contributed by atoms with Crippen molar-refractivity contribution in [3.05, 3.63) is 53.6 Å². The number of carbonyl (C=O) groups is 1. The van der Waals surface area contributed by atoms with Crippen LogP contribution in [0.2, 0.25) is 5.02 Å². The number of thioether (sulfide) groups is 1. The van der Waals surface area contributed by atoms with E-state index in [9.17, 15) is 4.79 Å². The Kier molecular flexibility index (Phi) is 5.96. The molecule has 21 heavy (non-hydrogen) atoms. The summed E-state index contributed by atoms with van der Waals surface area (Å²) in [6.07, 6.45) is 2.30. The van der Waals surface area contributed by atoms with E-state index in [0.717, 1.165) is 10.6 Å². The number of hydrogen-bond acceptors (Lipinski definition) is 3. The average Bonchev–Trinajstić information content (AvgIpc) is 2.49. The zero-order valence-corrected chi connectivity index (χ0v) is 13.2. The van der Waals surface area contributed by atoms with Gasteiger partial charge in [-0.15, -0.1) is 11.8 Å². The normalized spacial score (nSPS) is 10.2. The second-order valence-electron chi connectivity index (χ2n) is 4.33. The largest absolute Gasteiger partial charge is 0.493 e. The molecule has 5 heteroatoms. The molecule has 1 amide bonds. The lowest BCUT2D eigenvalue weighted by Crippen LogP contribution is -2.15. The molecule has 0 saturated heterocycles. The van der Waals surface area contributed by atoms with E-state index in [0.29, 0.717) is 23.8 Å². The lowest BCUT2D eigenvalue weighted by molar-refractivity contribution is -0.116. The molecule has 2 rings (SSSR count). The molecule has 0 radical (unpaired) electrons. The van der Waals surface area contributed by atoms with Gasteiger partial charge in [0.2, 0.25) is 5.91 Å². The highest BCUT2D eigenvalue weighted by Crippen LogP contribution is 2.19. The molecule has 110 valence electrons. The number of halogens is 1. The van der Waals surface area contributed by atoms with Gasteiger partial charge >= 0.3 is 0 Å². The number of ether oxygens (including phenoxy) is 1. The Morgan fingerprint density at radius 2 is 2.00 bits per heavy atom. The molecule has 0 saturated carbocycles. The maximum atomic E-state index is 11.8. The van der Waals surface area contributed by atoms with Crippen LogP contribution in [0.3, 0.4) is 0 Å². The number of hydrogen-bond donors (Lipinski definition) is 1. The van der Waals surface area contributed by atoms with Crippen molar-refractivity contribution in [1.29, 1.82) is 0 Å². The van der Waals surface area contributed by atoms with E-state index in [4.69, 9.17) is 16.3 Å². The number of carbonyl (C=O) groups excluding carboxylic acids is 1. The first-order valence-electron chi connectivity index (χ1n) is 6.49. The van der Waals surface area contributed by atoms with Gasteiger partial charge < -0.3 is 10.1 Å². The molecule has 0 spiro atoms. The molecule has 0 aliphatic heterocycles. The van der Waals surface area contributed by atoms with Crippen LogP contribution in [-0.4, -0.2) is 18.8 Å². The summed E-state index contributed by atoms with van der Waals surface area (Å²) in [5.74, 6) is 0.638. The average molecular weight is 322 g/mol. The second kappa shape index (κ2) is 7.96. The summed E-state index contributed by atoms with van der Waals surface area (Å²) in [5.41, 5.74) is 0.804. The molecule has 0 heterocycles. The molecule has 2 aromatic rings. The number of amides is 1. The van der Waals surface area contributed by atoms with E-state index in [1.54, 1.807) is 36.0 Å². The fourth-order valence-corrected chi connectivity index (χ4v) is 2.30. The first-order chi connectivity index (χ1) is 10.2. The van der Waals surface area contributed by atoms with Crippen molar-refractivity contribution in [1.82, 2.24) is 0 Å². The SMILES string of the molecule is CSc1cccc(NC(=O)CCOc2ccc(Cl)cc2)c1. The second-order valence-corrected chi connectivity index (χ2v) is 5.65. The summed E-state index contributed by atoms with van der Waals surface area (Å²) in [5, 5.41) is 3.52. The minimum atomic E-state index is -0.0674. The monoisotopic (exact) mass is 321 g/mol. The molecule has 3 nitrogen and oxygen atoms in total. The first kappa shape index (κ1) is 15.7. The third kappa shape index (κ3) is 5.33. The molecule has 0 aliphatic carbocycles. The van der Waals surface area contributed by atoms with Crippen LogP contribution in [0.1, 0.15) is 6.42 Å². The highest BCUT2D eigenvalue weighted by Gasteiger charge is 2.04. The fourth-order valence-electron chi connectivity index (χ4n) is 1.72. The Morgan fingerprint density at radius 3 is 2.71 bits per heavy atom. The van der Waals surface area contributed by atoms with E-state index >= 15 is 0 Å². The molecule has 0 unspecified atom stereocenters. The molecular formula is C16H16ClNO2S. The maximum absolute atomic E-state index is 11.8. The van der Waals surface area contributed by atoms with Crippen molar-refractivity contribution in [3.8, 4) is 5.75 Å². The fraction of sp³-hybridized carbons (Fsp3) is 0.188. The Labute approximate surface area is 133 Å². The zero-order chi connectivity index (χ0) is 15.1. The summed E-state index contributed by atoms with van der Waals surface area (Å²) in [6, 6.07) is 14.8. The van der Waals surface area contributed by atoms with Gasteiger partial charge in [0.15, 0.2) is 0 Å². The van der Waals surface area contributed by atoms with Crippen LogP contribution in [0, 0.1) is 0 Å². The molecule has 0 atom stereocenters. The summed E-state index contributed by atoms with van der Waals surface area (Å²) >= 11 is 7.43. The van der Waals surface area contributed by atoms with Gasteiger partial charge in [-0.3, -0.25) is 4.79 Å². The van der Waals surface area contributed by atoms with Crippen LogP contribution in [0.15, 0.2) is 53.4 Å². The predicted molar refractivity (Wildman–Crippen MR) is 88.4 cm³/mol. The Bertz CT molecular complexity index is 601.